The Labute approximate surface area is 350 Å². The first-order valence-electron chi connectivity index (χ1n) is 20.4. The lowest BCUT2D eigenvalue weighted by atomic mass is 9.78. The second-order valence-electron chi connectivity index (χ2n) is 16.3. The summed E-state index contributed by atoms with van der Waals surface area (Å²) in [4.78, 5) is 42.8. The van der Waals surface area contributed by atoms with Crippen LogP contribution in [0.15, 0.2) is 41.2 Å². The summed E-state index contributed by atoms with van der Waals surface area (Å²) < 4.78 is 23.6. The fourth-order valence-electron chi connectivity index (χ4n) is 8.18. The third-order valence-electron chi connectivity index (χ3n) is 12.2. The predicted molar refractivity (Wildman–Crippen MR) is 225 cm³/mol. The highest BCUT2D eigenvalue weighted by atomic mass is 16.7. The van der Waals surface area contributed by atoms with Crippen LogP contribution in [0.25, 0.3) is 10.8 Å². The number of rotatable bonds is 5. The summed E-state index contributed by atoms with van der Waals surface area (Å²) in [7, 11) is 1.44. The Morgan fingerprint density at radius 2 is 1.63 bits per heavy atom. The lowest BCUT2D eigenvalue weighted by Gasteiger charge is -2.38. The Kier molecular flexibility index (Phi) is 14.3. The van der Waals surface area contributed by atoms with Gasteiger partial charge in [0.05, 0.1) is 53.0 Å². The van der Waals surface area contributed by atoms with Crippen molar-refractivity contribution in [3.05, 3.63) is 52.8 Å². The first-order chi connectivity index (χ1) is 28.3. The van der Waals surface area contributed by atoms with E-state index in [0.29, 0.717) is 13.1 Å². The molecular weight excluding hydrogens is 776 g/mol. The van der Waals surface area contributed by atoms with Gasteiger partial charge in [-0.3, -0.25) is 24.3 Å². The number of ketones is 1. The fourth-order valence-corrected chi connectivity index (χ4v) is 8.18. The minimum absolute atomic E-state index is 0.0572. The fraction of sp³-hybridized carbons (Fsp3) is 0.545. The number of amides is 1. The first kappa shape index (κ1) is 45.9. The molecule has 0 saturated carbocycles. The van der Waals surface area contributed by atoms with Crippen molar-refractivity contribution in [1.29, 1.82) is 0 Å². The zero-order valence-corrected chi connectivity index (χ0v) is 36.1. The molecule has 0 aromatic heterocycles. The Balaban J connectivity index is 1.70. The quantitative estimate of drug-likeness (QED) is 0.104. The molecule has 16 heteroatoms. The zero-order chi connectivity index (χ0) is 44.4. The molecule has 9 unspecified atom stereocenters. The molecule has 6 N–H and O–H groups in total. The number of phenolic OH excluding ortho intramolecular Hbond substituents is 3. The van der Waals surface area contributed by atoms with Crippen LogP contribution in [0.5, 0.6) is 23.0 Å². The van der Waals surface area contributed by atoms with Crippen molar-refractivity contribution in [2.24, 2.45) is 28.8 Å². The number of likely N-dealkylation sites (N-methyl/N-ethyl adjacent to an activating group) is 1. The SMILES string of the molecule is CCN1CCN(/N=C/c2c3c(O)c4c(O)c(C)c5c(c4c2O)C(=O)C(C)(O/C=C/C(OC)C(C)C(OC(C)=O)C(C)C(O)C(C)C(O)C(C)/C=C/C=C(C)C(=O)N3)O5)CC1. The summed E-state index contributed by atoms with van der Waals surface area (Å²) in [5.74, 6) is -8.33. The molecular formula is C44H60N4O12. The molecule has 2 aromatic carbocycles. The molecule has 0 aliphatic carbocycles. The Hall–Kier alpha value is -5.16. The number of anilines is 1. The normalized spacial score (nSPS) is 30.9. The number of aliphatic hydroxyl groups excluding tert-OH is 2. The standard InChI is InChI=1S/C44H60N4O12/c1-11-47-16-18-48(19-17-47)45-21-29-34-39(54)32-31(38(29)53)33-41(27(7)37(32)52)60-44(9,42(33)55)58-20-15-30(57-10)24(4)40(59-28(8)49)26(6)36(51)25(5)35(50)22(2)13-12-14-23(3)43(56)46-34/h12-15,20-22,24-26,30,35-36,40,50-54H,11,16-19H2,1-10H3,(H,46,56)/b13-12+,20-15+,23-14?,45-21+. The number of hydrogen-bond acceptors (Lipinski definition) is 15. The summed E-state index contributed by atoms with van der Waals surface area (Å²) in [6.45, 7) is 18.1. The molecule has 1 saturated heterocycles. The van der Waals surface area contributed by atoms with Gasteiger partial charge in [-0.2, -0.15) is 5.10 Å². The average Bonchev–Trinajstić information content (AvgIpc) is 3.49. The molecule has 0 spiro atoms. The molecule has 4 aliphatic heterocycles. The highest BCUT2D eigenvalue weighted by molar-refractivity contribution is 6.23. The molecule has 4 aliphatic rings. The van der Waals surface area contributed by atoms with E-state index in [2.05, 4.69) is 22.2 Å². The van der Waals surface area contributed by atoms with Crippen LogP contribution in [0.3, 0.4) is 0 Å². The van der Waals surface area contributed by atoms with E-state index in [0.717, 1.165) is 19.6 Å². The minimum Gasteiger partial charge on any atom is -0.507 e. The zero-order valence-electron chi connectivity index (χ0n) is 36.1. The number of carbonyl (C=O) groups is 3. The summed E-state index contributed by atoms with van der Waals surface area (Å²) in [6, 6.07) is 0. The van der Waals surface area contributed by atoms with Gasteiger partial charge in [-0.25, -0.2) is 0 Å². The molecule has 60 heavy (non-hydrogen) atoms. The van der Waals surface area contributed by atoms with Crippen LogP contribution in [-0.4, -0.2) is 129 Å². The van der Waals surface area contributed by atoms with Crippen LogP contribution < -0.4 is 10.1 Å². The van der Waals surface area contributed by atoms with E-state index in [1.54, 1.807) is 44.9 Å². The topological polar surface area (TPSA) is 220 Å². The maximum Gasteiger partial charge on any atom is 0.312 e. The van der Waals surface area contributed by atoms with Gasteiger partial charge in [0.2, 0.25) is 0 Å². The van der Waals surface area contributed by atoms with Crippen LogP contribution in [0.1, 0.15) is 76.9 Å². The molecule has 5 bridgehead atoms. The van der Waals surface area contributed by atoms with Crippen LogP contribution >= 0.6 is 0 Å². The molecule has 0 radical (unpaired) electrons. The number of phenols is 3. The number of carbonyl (C=O) groups excluding carboxylic acids is 3. The van der Waals surface area contributed by atoms with E-state index in [-0.39, 0.29) is 44.5 Å². The van der Waals surface area contributed by atoms with E-state index in [9.17, 15) is 39.9 Å². The molecule has 1 amide bonds. The second kappa shape index (κ2) is 18.6. The number of ether oxygens (including phenoxy) is 4. The van der Waals surface area contributed by atoms with Gasteiger partial charge >= 0.3 is 11.8 Å². The molecule has 1 fully saturated rings. The lowest BCUT2D eigenvalue weighted by molar-refractivity contribution is -0.160. The van der Waals surface area contributed by atoms with E-state index < -0.39 is 88.8 Å². The largest absolute Gasteiger partial charge is 0.507 e. The number of hydrazone groups is 1. The van der Waals surface area contributed by atoms with Crippen molar-refractivity contribution in [2.45, 2.75) is 92.5 Å². The van der Waals surface area contributed by atoms with Crippen molar-refractivity contribution in [2.75, 3.05) is 45.2 Å². The van der Waals surface area contributed by atoms with Crippen LogP contribution in [0.4, 0.5) is 5.69 Å². The van der Waals surface area contributed by atoms with Gasteiger partial charge < -0.3 is 49.8 Å². The smallest absolute Gasteiger partial charge is 0.312 e. The Bertz CT molecular complexity index is 2090. The van der Waals surface area contributed by atoms with Crippen LogP contribution in [0, 0.1) is 30.6 Å². The maximum atomic E-state index is 14.5. The molecule has 2 aromatic rings. The number of nitrogens with zero attached hydrogens (tertiary/aromatic N) is 3. The molecule has 4 heterocycles. The van der Waals surface area contributed by atoms with Gasteiger partial charge in [0.1, 0.15) is 23.4 Å². The number of aromatic hydroxyl groups is 3. The summed E-state index contributed by atoms with van der Waals surface area (Å²) in [5.41, 5.74) is -0.339. The van der Waals surface area contributed by atoms with Crippen molar-refractivity contribution in [1.82, 2.24) is 9.91 Å². The number of hydrogen-bond donors (Lipinski definition) is 6. The number of methoxy groups -OCH3 is 1. The van der Waals surface area contributed by atoms with E-state index >= 15 is 0 Å². The minimum atomic E-state index is -2.04. The van der Waals surface area contributed by atoms with E-state index in [4.69, 9.17) is 18.9 Å². The third-order valence-corrected chi connectivity index (χ3v) is 12.2. The number of aliphatic hydroxyl groups is 2. The molecule has 16 nitrogen and oxygen atoms in total. The van der Waals surface area contributed by atoms with Crippen molar-refractivity contribution < 1.29 is 58.9 Å². The monoisotopic (exact) mass is 836 g/mol. The summed E-state index contributed by atoms with van der Waals surface area (Å²) >= 11 is 0. The Morgan fingerprint density at radius 1 is 0.967 bits per heavy atom. The third kappa shape index (κ3) is 8.97. The first-order valence-corrected chi connectivity index (χ1v) is 20.4. The van der Waals surface area contributed by atoms with Crippen LogP contribution in [-0.2, 0) is 23.8 Å². The van der Waals surface area contributed by atoms with Gasteiger partial charge in [0.25, 0.3) is 11.7 Å². The number of esters is 1. The van der Waals surface area contributed by atoms with Gasteiger partial charge in [-0.1, -0.05) is 52.8 Å². The average molecular weight is 837 g/mol. The van der Waals surface area contributed by atoms with Crippen molar-refractivity contribution >= 4 is 40.3 Å². The highest BCUT2D eigenvalue weighted by Crippen LogP contribution is 2.55. The van der Waals surface area contributed by atoms with Crippen molar-refractivity contribution in [3.63, 3.8) is 0 Å². The lowest BCUT2D eigenvalue weighted by Crippen LogP contribution is -2.46. The number of nitrogens with one attached hydrogen (secondary N) is 1. The maximum absolute atomic E-state index is 14.5. The number of fused-ring (bicyclic) bond motifs is 14. The number of benzene rings is 2. The van der Waals surface area contributed by atoms with E-state index in [1.807, 2.05) is 0 Å². The second-order valence-corrected chi connectivity index (χ2v) is 16.3. The van der Waals surface area contributed by atoms with Gasteiger partial charge in [-0.15, -0.1) is 0 Å². The molecule has 6 rings (SSSR count). The van der Waals surface area contributed by atoms with Crippen LogP contribution in [0.2, 0.25) is 0 Å². The van der Waals surface area contributed by atoms with Crippen molar-refractivity contribution in [3.8, 4) is 23.0 Å². The number of allylic oxidation sites excluding steroid dienone is 2. The highest BCUT2D eigenvalue weighted by Gasteiger charge is 2.50. The summed E-state index contributed by atoms with van der Waals surface area (Å²) in [6.07, 6.45) is 4.88. The number of Topliss-reactive ketones (excluding diaryl/α,β-unsaturated/α-hetero) is 1. The van der Waals surface area contributed by atoms with Gasteiger partial charge in [0, 0.05) is 87.3 Å². The predicted octanol–water partition coefficient (Wildman–Crippen LogP) is 4.73. The Morgan fingerprint density at radius 3 is 2.25 bits per heavy atom. The van der Waals surface area contributed by atoms with E-state index in [1.165, 1.54) is 59.4 Å². The van der Waals surface area contributed by atoms with Gasteiger partial charge in [0.15, 0.2) is 5.75 Å². The molecule has 9 atom stereocenters. The molecule has 328 valence electrons. The summed E-state index contributed by atoms with van der Waals surface area (Å²) in [5, 5.41) is 67.0. The van der Waals surface area contributed by atoms with Gasteiger partial charge in [-0.05, 0) is 26.5 Å². The number of piperazine rings is 1.